The van der Waals surface area contributed by atoms with Crippen molar-refractivity contribution in [2.45, 2.75) is 27.2 Å². The van der Waals surface area contributed by atoms with Gasteiger partial charge in [-0.15, -0.1) is 0 Å². The summed E-state index contributed by atoms with van der Waals surface area (Å²) in [6.07, 6.45) is 1.54. The van der Waals surface area contributed by atoms with Gasteiger partial charge < -0.3 is 14.8 Å². The summed E-state index contributed by atoms with van der Waals surface area (Å²) in [7, 11) is 0. The Morgan fingerprint density at radius 1 is 1.14 bits per heavy atom. The van der Waals surface area contributed by atoms with Crippen LogP contribution in [0.25, 0.3) is 0 Å². The quantitative estimate of drug-likeness (QED) is 0.627. The highest BCUT2D eigenvalue weighted by Crippen LogP contribution is 2.27. The molecule has 2 aromatic carbocycles. The molecule has 3 rings (SSSR count). The average molecular weight is 405 g/mol. The summed E-state index contributed by atoms with van der Waals surface area (Å²) in [5, 5.41) is 6.48. The number of benzene rings is 2. The predicted molar refractivity (Wildman–Crippen MR) is 99.8 cm³/mol. The molecule has 6 nitrogen and oxygen atoms in total. The van der Waals surface area contributed by atoms with E-state index >= 15 is 0 Å². The van der Waals surface area contributed by atoms with Crippen molar-refractivity contribution < 1.29 is 27.4 Å². The van der Waals surface area contributed by atoms with Crippen LogP contribution in [0.4, 0.5) is 18.9 Å². The zero-order valence-corrected chi connectivity index (χ0v) is 15.7. The lowest BCUT2D eigenvalue weighted by molar-refractivity contribution is -0.0495. The number of ether oxygens (including phenoxy) is 2. The van der Waals surface area contributed by atoms with E-state index in [0.717, 1.165) is 29.3 Å². The van der Waals surface area contributed by atoms with Gasteiger partial charge in [0.15, 0.2) is 18.2 Å². The maximum absolute atomic E-state index is 13.3. The molecule has 0 spiro atoms. The van der Waals surface area contributed by atoms with Crippen molar-refractivity contribution in [1.29, 1.82) is 0 Å². The molecule has 29 heavy (non-hydrogen) atoms. The van der Waals surface area contributed by atoms with E-state index in [-0.39, 0.29) is 18.1 Å². The topological polar surface area (TPSA) is 65.4 Å². The van der Waals surface area contributed by atoms with E-state index < -0.39 is 24.1 Å². The molecule has 0 saturated heterocycles. The number of carbonyl (C=O) groups excluding carboxylic acids is 1. The van der Waals surface area contributed by atoms with Crippen molar-refractivity contribution in [2.24, 2.45) is 0 Å². The fraction of sp³-hybridized carbons (Fsp3) is 0.200. The lowest BCUT2D eigenvalue weighted by atomic mass is 10.1. The first-order chi connectivity index (χ1) is 13.8. The van der Waals surface area contributed by atoms with Crippen LogP contribution in [0.3, 0.4) is 0 Å². The molecule has 0 unspecified atom stereocenters. The standard InChI is InChI=1S/C20H18F3N3O3/c1-12-3-4-13(2)17(9-12)28-11-26-8-7-16(25-26)19(27)24-15-6-5-14(21)10-18(15)29-20(22)23/h3-10,20H,11H2,1-2H3,(H,24,27). The molecule has 1 aromatic heterocycles. The van der Waals surface area contributed by atoms with E-state index in [1.165, 1.54) is 10.7 Å². The molecule has 1 N–H and O–H groups in total. The van der Waals surface area contributed by atoms with Crippen LogP contribution in [0.1, 0.15) is 21.6 Å². The summed E-state index contributed by atoms with van der Waals surface area (Å²) < 4.78 is 49.6. The van der Waals surface area contributed by atoms with Crippen LogP contribution in [-0.2, 0) is 6.73 Å². The first-order valence-corrected chi connectivity index (χ1v) is 8.61. The molecule has 1 amide bonds. The van der Waals surface area contributed by atoms with Crippen LogP contribution in [0.5, 0.6) is 11.5 Å². The molecule has 0 aliphatic carbocycles. The highest BCUT2D eigenvalue weighted by atomic mass is 19.3. The minimum atomic E-state index is -3.16. The number of aromatic nitrogens is 2. The van der Waals surface area contributed by atoms with Gasteiger partial charge in [-0.05, 0) is 49.2 Å². The largest absolute Gasteiger partial charge is 0.471 e. The van der Waals surface area contributed by atoms with E-state index in [9.17, 15) is 18.0 Å². The SMILES string of the molecule is Cc1ccc(C)c(OCn2ccc(C(=O)Nc3ccc(F)cc3OC(F)F)n2)c1. The van der Waals surface area contributed by atoms with E-state index in [1.54, 1.807) is 6.20 Å². The van der Waals surface area contributed by atoms with Crippen LogP contribution >= 0.6 is 0 Å². The summed E-state index contributed by atoms with van der Waals surface area (Å²) in [5.41, 5.74) is 1.94. The highest BCUT2D eigenvalue weighted by molar-refractivity contribution is 6.03. The van der Waals surface area contributed by atoms with Crippen LogP contribution in [0.15, 0.2) is 48.7 Å². The number of nitrogens with one attached hydrogen (secondary N) is 1. The molecule has 0 fully saturated rings. The van der Waals surface area contributed by atoms with Gasteiger partial charge in [0.1, 0.15) is 11.6 Å². The van der Waals surface area contributed by atoms with Gasteiger partial charge >= 0.3 is 6.61 Å². The number of amides is 1. The van der Waals surface area contributed by atoms with Gasteiger partial charge in [-0.1, -0.05) is 12.1 Å². The summed E-state index contributed by atoms with van der Waals surface area (Å²) in [6.45, 7) is 0.783. The average Bonchev–Trinajstić information content (AvgIpc) is 3.13. The third-order valence-corrected chi connectivity index (χ3v) is 3.98. The van der Waals surface area contributed by atoms with Gasteiger partial charge in [-0.3, -0.25) is 4.79 Å². The molecule has 9 heteroatoms. The Hall–Kier alpha value is -3.49. The Bertz CT molecular complexity index is 1020. The molecule has 152 valence electrons. The second kappa shape index (κ2) is 8.68. The number of hydrogen-bond acceptors (Lipinski definition) is 4. The van der Waals surface area contributed by atoms with Gasteiger partial charge in [0.25, 0.3) is 5.91 Å². The van der Waals surface area contributed by atoms with Crippen LogP contribution in [0, 0.1) is 19.7 Å². The number of alkyl halides is 2. The molecular formula is C20H18F3N3O3. The van der Waals surface area contributed by atoms with E-state index in [1.807, 2.05) is 32.0 Å². The van der Waals surface area contributed by atoms with Gasteiger partial charge in [0.2, 0.25) is 0 Å². The first kappa shape index (κ1) is 20.2. The fourth-order valence-corrected chi connectivity index (χ4v) is 2.53. The second-order valence-corrected chi connectivity index (χ2v) is 6.26. The number of rotatable bonds is 7. The van der Waals surface area contributed by atoms with E-state index in [2.05, 4.69) is 15.2 Å². The van der Waals surface area contributed by atoms with Gasteiger partial charge in [0.05, 0.1) is 5.69 Å². The maximum Gasteiger partial charge on any atom is 0.387 e. The summed E-state index contributed by atoms with van der Waals surface area (Å²) in [4.78, 5) is 12.4. The minimum Gasteiger partial charge on any atom is -0.471 e. The second-order valence-electron chi connectivity index (χ2n) is 6.26. The minimum absolute atomic E-state index is 0.0295. The molecule has 0 radical (unpaired) electrons. The van der Waals surface area contributed by atoms with Crippen molar-refractivity contribution in [3.8, 4) is 11.5 Å². The third-order valence-electron chi connectivity index (χ3n) is 3.98. The number of aryl methyl sites for hydroxylation is 2. The van der Waals surface area contributed by atoms with E-state index in [4.69, 9.17) is 4.74 Å². The first-order valence-electron chi connectivity index (χ1n) is 8.61. The normalized spacial score (nSPS) is 10.8. The number of nitrogens with zero attached hydrogens (tertiary/aromatic N) is 2. The van der Waals surface area contributed by atoms with Gasteiger partial charge in [-0.25, -0.2) is 9.07 Å². The number of hydrogen-bond donors (Lipinski definition) is 1. The smallest absolute Gasteiger partial charge is 0.387 e. The van der Waals surface area contributed by atoms with Crippen molar-refractivity contribution in [2.75, 3.05) is 5.32 Å². The third kappa shape index (κ3) is 5.28. The summed E-state index contributed by atoms with van der Waals surface area (Å²) in [6, 6.07) is 10.2. The van der Waals surface area contributed by atoms with Crippen LogP contribution in [-0.4, -0.2) is 22.3 Å². The summed E-state index contributed by atoms with van der Waals surface area (Å²) >= 11 is 0. The molecule has 0 bridgehead atoms. The monoisotopic (exact) mass is 405 g/mol. The summed E-state index contributed by atoms with van der Waals surface area (Å²) in [5.74, 6) is -1.22. The Morgan fingerprint density at radius 2 is 1.93 bits per heavy atom. The Kier molecular flexibility index (Phi) is 6.06. The molecule has 0 saturated carbocycles. The molecule has 0 aliphatic heterocycles. The van der Waals surface area contributed by atoms with Crippen molar-refractivity contribution >= 4 is 11.6 Å². The predicted octanol–water partition coefficient (Wildman–Crippen LogP) is 4.53. The zero-order valence-electron chi connectivity index (χ0n) is 15.7. The lowest BCUT2D eigenvalue weighted by Gasteiger charge is -2.11. The van der Waals surface area contributed by atoms with Crippen molar-refractivity contribution in [1.82, 2.24) is 9.78 Å². The molecular weight excluding hydrogens is 387 g/mol. The number of halogens is 3. The van der Waals surface area contributed by atoms with Gasteiger partial charge in [0, 0.05) is 12.3 Å². The molecule has 1 heterocycles. The van der Waals surface area contributed by atoms with Crippen LogP contribution in [0.2, 0.25) is 0 Å². The zero-order chi connectivity index (χ0) is 21.0. The Labute approximate surface area is 164 Å². The Morgan fingerprint density at radius 3 is 2.69 bits per heavy atom. The van der Waals surface area contributed by atoms with E-state index in [0.29, 0.717) is 5.75 Å². The lowest BCUT2D eigenvalue weighted by Crippen LogP contribution is -2.16. The molecule has 3 aromatic rings. The number of anilines is 1. The maximum atomic E-state index is 13.3. The van der Waals surface area contributed by atoms with Crippen molar-refractivity contribution in [3.05, 3.63) is 71.3 Å². The van der Waals surface area contributed by atoms with Crippen LogP contribution < -0.4 is 14.8 Å². The number of carbonyl (C=O) groups is 1. The molecule has 0 atom stereocenters. The Balaban J connectivity index is 1.67. The van der Waals surface area contributed by atoms with Gasteiger partial charge in [-0.2, -0.15) is 13.9 Å². The van der Waals surface area contributed by atoms with Crippen molar-refractivity contribution in [3.63, 3.8) is 0 Å². The molecule has 0 aliphatic rings. The fourth-order valence-electron chi connectivity index (χ4n) is 2.53. The highest BCUT2D eigenvalue weighted by Gasteiger charge is 2.16.